The first kappa shape index (κ1) is 29.3. The number of carbonyl (C=O) groups is 4. The fraction of sp³-hybridized carbons (Fsp3) is 0.400. The highest BCUT2D eigenvalue weighted by atomic mass is 35.5. The number of anilines is 3. The first-order valence-corrected chi connectivity index (χ1v) is 13.3. The molecule has 41 heavy (non-hydrogen) atoms. The molecule has 16 heteroatoms. The van der Waals surface area contributed by atoms with Crippen LogP contribution in [0.4, 0.5) is 22.1 Å². The Labute approximate surface area is 240 Å². The van der Waals surface area contributed by atoms with Crippen molar-refractivity contribution in [1.82, 2.24) is 30.8 Å². The van der Waals surface area contributed by atoms with Gasteiger partial charge in [0.25, 0.3) is 5.91 Å². The first-order valence-electron chi connectivity index (χ1n) is 12.9. The van der Waals surface area contributed by atoms with Crippen LogP contribution < -0.4 is 32.7 Å². The number of aliphatic imine (C=N–C) groups is 1. The van der Waals surface area contributed by atoms with E-state index in [9.17, 15) is 19.2 Å². The van der Waals surface area contributed by atoms with E-state index < -0.39 is 23.4 Å². The highest BCUT2D eigenvalue weighted by Crippen LogP contribution is 2.26. The summed E-state index contributed by atoms with van der Waals surface area (Å²) in [6.07, 6.45) is 1.27. The zero-order chi connectivity index (χ0) is 29.6. The van der Waals surface area contributed by atoms with Crippen LogP contribution in [0.5, 0.6) is 0 Å². The minimum atomic E-state index is -0.724. The van der Waals surface area contributed by atoms with Crippen LogP contribution in [0.15, 0.2) is 29.3 Å². The summed E-state index contributed by atoms with van der Waals surface area (Å²) >= 11 is 5.86. The number of nitrogens with zero attached hydrogens (tertiary/aromatic N) is 4. The maximum atomic E-state index is 13.2. The zero-order valence-corrected chi connectivity index (χ0v) is 23.1. The van der Waals surface area contributed by atoms with Crippen molar-refractivity contribution in [2.24, 2.45) is 4.99 Å². The number of amides is 4. The third-order valence-electron chi connectivity index (χ3n) is 6.59. The highest BCUT2D eigenvalue weighted by molar-refractivity contribution is 6.31. The quantitative estimate of drug-likeness (QED) is 0.248. The number of benzene rings is 1. The van der Waals surface area contributed by atoms with Crippen LogP contribution in [0.1, 0.15) is 47.0 Å². The van der Waals surface area contributed by atoms with Gasteiger partial charge in [0.2, 0.25) is 0 Å². The van der Waals surface area contributed by atoms with Gasteiger partial charge >= 0.3 is 17.9 Å². The normalized spacial score (nSPS) is 16.5. The monoisotopic (exact) mass is 586 g/mol. The van der Waals surface area contributed by atoms with E-state index in [-0.39, 0.29) is 53.9 Å². The molecule has 15 nitrogen and oxygen atoms in total. The summed E-state index contributed by atoms with van der Waals surface area (Å²) in [5.41, 5.74) is 11.6. The number of hydrogen-bond donors (Lipinski definition) is 6. The van der Waals surface area contributed by atoms with E-state index in [2.05, 4.69) is 36.2 Å². The van der Waals surface area contributed by atoms with Gasteiger partial charge in [-0.05, 0) is 38.0 Å². The summed E-state index contributed by atoms with van der Waals surface area (Å²) in [4.78, 5) is 62.8. The summed E-state index contributed by atoms with van der Waals surface area (Å²) in [7, 11) is 0. The van der Waals surface area contributed by atoms with Crippen molar-refractivity contribution in [3.05, 3.63) is 40.7 Å². The molecule has 0 bridgehead atoms. The van der Waals surface area contributed by atoms with Crippen LogP contribution in [0.3, 0.4) is 0 Å². The van der Waals surface area contributed by atoms with Crippen molar-refractivity contribution < 1.29 is 23.9 Å². The molecular weight excluding hydrogens is 556 g/mol. The largest absolute Gasteiger partial charge is 0.466 e. The molecule has 0 aliphatic carbocycles. The second-order valence-corrected chi connectivity index (χ2v) is 9.82. The molecule has 1 aromatic carbocycles. The van der Waals surface area contributed by atoms with Gasteiger partial charge in [0, 0.05) is 37.4 Å². The Morgan fingerprint density at radius 1 is 1.17 bits per heavy atom. The molecule has 3 heterocycles. The van der Waals surface area contributed by atoms with E-state index in [0.29, 0.717) is 43.7 Å². The standard InChI is InChI=1S/C25H31ClN10O5/c1-2-41-16(37)6-9-29-24(40)31-15-5-3-4-14(12-15)22(39)36-10-7-25(8-11-36)13-30-23(35-25)34-21(38)17-19(27)33-20(28)18(26)32-17/h3-5,12H,2,6-11,13H2,1H3,(H4,27,28,33)(H2,29,31,40)(H2,30,34,35,38). The Balaban J connectivity index is 1.29. The Hall–Kier alpha value is -4.66. The molecule has 8 N–H and O–H groups in total. The number of piperidine rings is 1. The number of esters is 1. The van der Waals surface area contributed by atoms with Crippen molar-refractivity contribution in [2.75, 3.05) is 49.6 Å². The van der Waals surface area contributed by atoms with Crippen LogP contribution in [0, 0.1) is 0 Å². The smallest absolute Gasteiger partial charge is 0.319 e. The molecule has 4 amide bonds. The Morgan fingerprint density at radius 3 is 2.66 bits per heavy atom. The molecule has 2 aromatic rings. The molecule has 0 saturated carbocycles. The Morgan fingerprint density at radius 2 is 1.93 bits per heavy atom. The number of nitrogen functional groups attached to an aromatic ring is 2. The van der Waals surface area contributed by atoms with Gasteiger partial charge < -0.3 is 42.4 Å². The van der Waals surface area contributed by atoms with Gasteiger partial charge in [-0.2, -0.15) is 4.99 Å². The third-order valence-corrected chi connectivity index (χ3v) is 6.87. The predicted octanol–water partition coefficient (Wildman–Crippen LogP) is 0.733. The van der Waals surface area contributed by atoms with Crippen molar-refractivity contribution in [2.45, 2.75) is 31.7 Å². The van der Waals surface area contributed by atoms with Crippen LogP contribution in [-0.4, -0.2) is 83.0 Å². The van der Waals surface area contributed by atoms with Crippen LogP contribution in [0.25, 0.3) is 0 Å². The van der Waals surface area contributed by atoms with Crippen molar-refractivity contribution in [1.29, 1.82) is 0 Å². The van der Waals surface area contributed by atoms with Crippen molar-refractivity contribution >= 4 is 58.7 Å². The van der Waals surface area contributed by atoms with Gasteiger partial charge in [-0.25, -0.2) is 14.8 Å². The molecule has 4 rings (SSSR count). The minimum absolute atomic E-state index is 0.0606. The highest BCUT2D eigenvalue weighted by Gasteiger charge is 2.41. The number of halogens is 1. The van der Waals surface area contributed by atoms with Gasteiger partial charge in [0.05, 0.1) is 18.6 Å². The number of nitrogens with two attached hydrogens (primary N) is 2. The Kier molecular flexibility index (Phi) is 9.07. The molecule has 0 radical (unpaired) electrons. The van der Waals surface area contributed by atoms with Gasteiger partial charge in [-0.15, -0.1) is 0 Å². The van der Waals surface area contributed by atoms with E-state index in [4.69, 9.17) is 27.8 Å². The number of likely N-dealkylation sites (tertiary alicyclic amines) is 1. The molecule has 2 fully saturated rings. The van der Waals surface area contributed by atoms with E-state index in [1.807, 2.05) is 0 Å². The summed E-state index contributed by atoms with van der Waals surface area (Å²) < 4.78 is 4.82. The fourth-order valence-corrected chi connectivity index (χ4v) is 4.58. The van der Waals surface area contributed by atoms with Crippen molar-refractivity contribution in [3.8, 4) is 0 Å². The average molecular weight is 587 g/mol. The number of urea groups is 1. The molecule has 2 aliphatic rings. The molecule has 0 atom stereocenters. The molecule has 1 spiro atoms. The van der Waals surface area contributed by atoms with Crippen LogP contribution in [0.2, 0.25) is 5.15 Å². The van der Waals surface area contributed by atoms with Gasteiger partial charge in [0.15, 0.2) is 28.4 Å². The number of aromatic nitrogens is 2. The number of guanidine groups is 1. The summed E-state index contributed by atoms with van der Waals surface area (Å²) in [6.45, 7) is 3.55. The summed E-state index contributed by atoms with van der Waals surface area (Å²) in [6, 6.07) is 6.13. The lowest BCUT2D eigenvalue weighted by molar-refractivity contribution is -0.142. The number of carbonyl (C=O) groups excluding carboxylic acids is 4. The average Bonchev–Trinajstić information content (AvgIpc) is 3.32. The topological polar surface area (TPSA) is 219 Å². The SMILES string of the molecule is CCOC(=O)CCNC(=O)Nc1cccc(C(=O)N2CCC3(CC2)CN/C(=N\C(=O)c2nc(Cl)c(N)nc2N)N3)c1. The van der Waals surface area contributed by atoms with Gasteiger partial charge in [-0.3, -0.25) is 14.4 Å². The number of ether oxygens (including phenoxy) is 1. The second kappa shape index (κ2) is 12.7. The van der Waals surface area contributed by atoms with Crippen molar-refractivity contribution in [3.63, 3.8) is 0 Å². The lowest BCUT2D eigenvalue weighted by Crippen LogP contribution is -2.53. The number of rotatable bonds is 7. The van der Waals surface area contributed by atoms with Crippen LogP contribution >= 0.6 is 11.6 Å². The van der Waals surface area contributed by atoms with E-state index in [1.54, 1.807) is 36.1 Å². The number of hydrogen-bond acceptors (Lipinski definition) is 9. The Bertz CT molecular complexity index is 1380. The van der Waals surface area contributed by atoms with Gasteiger partial charge in [-0.1, -0.05) is 17.7 Å². The molecule has 2 aliphatic heterocycles. The molecule has 2 saturated heterocycles. The molecular formula is C25H31ClN10O5. The summed E-state index contributed by atoms with van der Waals surface area (Å²) in [5.74, 6) is -1.28. The lowest BCUT2D eigenvalue weighted by Gasteiger charge is -2.38. The fourth-order valence-electron chi connectivity index (χ4n) is 4.45. The van der Waals surface area contributed by atoms with E-state index in [1.165, 1.54) is 0 Å². The zero-order valence-electron chi connectivity index (χ0n) is 22.3. The minimum Gasteiger partial charge on any atom is -0.466 e. The second-order valence-electron chi connectivity index (χ2n) is 9.47. The van der Waals surface area contributed by atoms with E-state index >= 15 is 0 Å². The number of nitrogens with one attached hydrogen (secondary N) is 4. The first-order chi connectivity index (χ1) is 19.6. The molecule has 218 valence electrons. The predicted molar refractivity (Wildman–Crippen MR) is 151 cm³/mol. The lowest BCUT2D eigenvalue weighted by atomic mass is 9.88. The van der Waals surface area contributed by atoms with E-state index in [0.717, 1.165) is 0 Å². The summed E-state index contributed by atoms with van der Waals surface area (Å²) in [5, 5.41) is 11.5. The third kappa shape index (κ3) is 7.30. The van der Waals surface area contributed by atoms with Crippen LogP contribution in [-0.2, 0) is 9.53 Å². The maximum Gasteiger partial charge on any atom is 0.319 e. The molecule has 1 aromatic heterocycles. The maximum absolute atomic E-state index is 13.2. The van der Waals surface area contributed by atoms with Gasteiger partial charge in [0.1, 0.15) is 0 Å². The molecule has 0 unspecified atom stereocenters.